The van der Waals surface area contributed by atoms with Crippen LogP contribution in [0.1, 0.15) is 6.42 Å². The molecule has 2 aromatic heterocycles. The van der Waals surface area contributed by atoms with E-state index in [-0.39, 0.29) is 37.3 Å². The van der Waals surface area contributed by atoms with E-state index in [1.165, 1.54) is 17.9 Å². The van der Waals surface area contributed by atoms with E-state index in [1.807, 2.05) is 12.1 Å². The summed E-state index contributed by atoms with van der Waals surface area (Å²) in [6.45, 7) is 0.448. The molecule has 1 aromatic carbocycles. The van der Waals surface area contributed by atoms with Crippen molar-refractivity contribution in [3.8, 4) is 11.5 Å². The van der Waals surface area contributed by atoms with E-state index >= 15 is 0 Å². The third-order valence-electron chi connectivity index (χ3n) is 4.45. The van der Waals surface area contributed by atoms with E-state index in [0.29, 0.717) is 11.5 Å². The van der Waals surface area contributed by atoms with Crippen molar-refractivity contribution in [1.82, 2.24) is 18.7 Å². The van der Waals surface area contributed by atoms with Crippen LogP contribution >= 0.6 is 0 Å². The number of aromatic nitrogens is 4. The number of nitrogens with zero attached hydrogens (tertiary/aromatic N) is 4. The zero-order chi connectivity index (χ0) is 21.0. The van der Waals surface area contributed by atoms with E-state index < -0.39 is 17.2 Å². The van der Waals surface area contributed by atoms with Crippen LogP contribution in [0.25, 0.3) is 11.2 Å². The number of hydrogen-bond acceptors (Lipinski definition) is 7. The molecule has 0 N–H and O–H groups in total. The normalized spacial score (nSPS) is 10.9. The Bertz CT molecular complexity index is 1140. The van der Waals surface area contributed by atoms with Crippen molar-refractivity contribution in [2.75, 3.05) is 20.3 Å². The average Bonchev–Trinajstić information content (AvgIpc) is 3.15. The minimum atomic E-state index is -0.450. The first kappa shape index (κ1) is 20.2. The monoisotopic (exact) mass is 402 g/mol. The molecule has 29 heavy (non-hydrogen) atoms. The largest absolute Gasteiger partial charge is 0.493 e. The first-order valence-corrected chi connectivity index (χ1v) is 8.96. The zero-order valence-corrected chi connectivity index (χ0v) is 16.5. The SMILES string of the molecule is COc1ccccc1OCCC(=O)OCCn1cnc2c1c(=O)n(C)c(=O)n2C. The summed E-state index contributed by atoms with van der Waals surface area (Å²) in [5.74, 6) is 0.711. The van der Waals surface area contributed by atoms with Gasteiger partial charge < -0.3 is 18.8 Å². The maximum atomic E-state index is 12.4. The van der Waals surface area contributed by atoms with Crippen molar-refractivity contribution >= 4 is 17.1 Å². The van der Waals surface area contributed by atoms with Gasteiger partial charge in [-0.15, -0.1) is 0 Å². The van der Waals surface area contributed by atoms with Crippen molar-refractivity contribution in [3.05, 3.63) is 51.4 Å². The molecule has 0 saturated carbocycles. The number of carbonyl (C=O) groups excluding carboxylic acids is 1. The lowest BCUT2D eigenvalue weighted by Crippen LogP contribution is -2.37. The van der Waals surface area contributed by atoms with E-state index in [2.05, 4.69) is 4.98 Å². The Hall–Kier alpha value is -3.56. The third-order valence-corrected chi connectivity index (χ3v) is 4.45. The Morgan fingerprint density at radius 3 is 2.52 bits per heavy atom. The fourth-order valence-corrected chi connectivity index (χ4v) is 2.88. The minimum absolute atomic E-state index is 0.0605. The number of fused-ring (bicyclic) bond motifs is 1. The second-order valence-corrected chi connectivity index (χ2v) is 6.29. The van der Waals surface area contributed by atoms with Gasteiger partial charge in [0.15, 0.2) is 22.7 Å². The molecule has 3 aromatic rings. The van der Waals surface area contributed by atoms with Crippen LogP contribution in [-0.2, 0) is 30.2 Å². The van der Waals surface area contributed by atoms with Crippen LogP contribution < -0.4 is 20.7 Å². The van der Waals surface area contributed by atoms with Crippen molar-refractivity contribution in [2.45, 2.75) is 13.0 Å². The highest BCUT2D eigenvalue weighted by atomic mass is 16.5. The number of benzene rings is 1. The number of para-hydroxylation sites is 2. The summed E-state index contributed by atoms with van der Waals surface area (Å²) < 4.78 is 19.8. The maximum absolute atomic E-state index is 12.4. The van der Waals surface area contributed by atoms with Crippen LogP contribution in [0.5, 0.6) is 11.5 Å². The molecule has 2 heterocycles. The summed E-state index contributed by atoms with van der Waals surface area (Å²) in [4.78, 5) is 40.4. The van der Waals surface area contributed by atoms with Crippen LogP contribution in [0, 0.1) is 0 Å². The van der Waals surface area contributed by atoms with Gasteiger partial charge in [-0.2, -0.15) is 0 Å². The fourth-order valence-electron chi connectivity index (χ4n) is 2.88. The van der Waals surface area contributed by atoms with Gasteiger partial charge >= 0.3 is 11.7 Å². The van der Waals surface area contributed by atoms with Gasteiger partial charge in [0.05, 0.1) is 33.0 Å². The smallest absolute Gasteiger partial charge is 0.332 e. The Morgan fingerprint density at radius 1 is 1.07 bits per heavy atom. The van der Waals surface area contributed by atoms with Crippen LogP contribution in [-0.4, -0.2) is 45.0 Å². The highest BCUT2D eigenvalue weighted by molar-refractivity contribution is 5.70. The second kappa shape index (κ2) is 8.63. The molecule has 0 aliphatic carbocycles. The summed E-state index contributed by atoms with van der Waals surface area (Å²) >= 11 is 0. The van der Waals surface area contributed by atoms with Gasteiger partial charge in [0.1, 0.15) is 6.61 Å². The molecule has 10 heteroatoms. The predicted molar refractivity (Wildman–Crippen MR) is 104 cm³/mol. The van der Waals surface area contributed by atoms with Crippen molar-refractivity contribution in [3.63, 3.8) is 0 Å². The van der Waals surface area contributed by atoms with Crippen LogP contribution in [0.4, 0.5) is 0 Å². The predicted octanol–water partition coefficient (Wildman–Crippen LogP) is 0.455. The summed E-state index contributed by atoms with van der Waals surface area (Å²) in [5, 5.41) is 0. The molecular formula is C19H22N4O6. The second-order valence-electron chi connectivity index (χ2n) is 6.29. The first-order valence-electron chi connectivity index (χ1n) is 8.96. The topological polar surface area (TPSA) is 107 Å². The Balaban J connectivity index is 1.54. The fraction of sp³-hybridized carbons (Fsp3) is 0.368. The molecule has 0 aliphatic rings. The summed E-state index contributed by atoms with van der Waals surface area (Å²) in [6.07, 6.45) is 1.52. The summed E-state index contributed by atoms with van der Waals surface area (Å²) in [7, 11) is 4.49. The maximum Gasteiger partial charge on any atom is 0.332 e. The average molecular weight is 402 g/mol. The van der Waals surface area contributed by atoms with Gasteiger partial charge in [0, 0.05) is 14.1 Å². The molecule has 0 spiro atoms. The molecule has 0 unspecified atom stereocenters. The van der Waals surface area contributed by atoms with E-state index in [0.717, 1.165) is 4.57 Å². The minimum Gasteiger partial charge on any atom is -0.493 e. The van der Waals surface area contributed by atoms with Gasteiger partial charge in [0.25, 0.3) is 5.56 Å². The van der Waals surface area contributed by atoms with E-state index in [9.17, 15) is 14.4 Å². The lowest BCUT2D eigenvalue weighted by Gasteiger charge is -2.10. The number of hydrogen-bond donors (Lipinski definition) is 0. The molecule has 0 aliphatic heterocycles. The molecule has 0 radical (unpaired) electrons. The van der Waals surface area contributed by atoms with Gasteiger partial charge in [-0.1, -0.05) is 12.1 Å². The summed E-state index contributed by atoms with van der Waals surface area (Å²) in [6, 6.07) is 7.15. The highest BCUT2D eigenvalue weighted by Crippen LogP contribution is 2.25. The number of ether oxygens (including phenoxy) is 3. The Kier molecular flexibility index (Phi) is 6.01. The van der Waals surface area contributed by atoms with Crippen LogP contribution in [0.3, 0.4) is 0 Å². The number of rotatable bonds is 8. The number of carbonyl (C=O) groups is 1. The van der Waals surface area contributed by atoms with Crippen molar-refractivity contribution in [1.29, 1.82) is 0 Å². The number of esters is 1. The lowest BCUT2D eigenvalue weighted by molar-refractivity contribution is -0.144. The molecule has 0 atom stereocenters. The van der Waals surface area contributed by atoms with E-state index in [1.54, 1.807) is 30.9 Å². The molecule has 0 fully saturated rings. The van der Waals surface area contributed by atoms with Crippen molar-refractivity contribution in [2.24, 2.45) is 14.1 Å². The molecule has 0 saturated heterocycles. The van der Waals surface area contributed by atoms with E-state index in [4.69, 9.17) is 14.2 Å². The Morgan fingerprint density at radius 2 is 1.79 bits per heavy atom. The zero-order valence-electron chi connectivity index (χ0n) is 16.5. The van der Waals surface area contributed by atoms with Gasteiger partial charge in [-0.25, -0.2) is 9.78 Å². The third kappa shape index (κ3) is 4.15. The van der Waals surface area contributed by atoms with Crippen LogP contribution in [0.15, 0.2) is 40.2 Å². The van der Waals surface area contributed by atoms with Crippen LogP contribution in [0.2, 0.25) is 0 Å². The standard InChI is InChI=1S/C19H22N4O6/c1-21-17-16(18(25)22(2)19(21)26)23(12-20-17)9-11-29-15(24)8-10-28-14-7-5-4-6-13(14)27-3/h4-7,12H,8-11H2,1-3H3. The molecule has 0 bridgehead atoms. The molecular weight excluding hydrogens is 380 g/mol. The quantitative estimate of drug-likeness (QED) is 0.504. The Labute approximate surface area is 165 Å². The highest BCUT2D eigenvalue weighted by Gasteiger charge is 2.14. The summed E-state index contributed by atoms with van der Waals surface area (Å²) in [5.41, 5.74) is -0.328. The van der Waals surface area contributed by atoms with Crippen molar-refractivity contribution < 1.29 is 19.0 Å². The first-order chi connectivity index (χ1) is 13.9. The number of aryl methyl sites for hydroxylation is 1. The van der Waals surface area contributed by atoms with Gasteiger partial charge in [0.2, 0.25) is 0 Å². The lowest BCUT2D eigenvalue weighted by atomic mass is 10.3. The van der Waals surface area contributed by atoms with Gasteiger partial charge in [-0.3, -0.25) is 18.7 Å². The molecule has 3 rings (SSSR count). The number of methoxy groups -OCH3 is 1. The molecule has 0 amide bonds. The number of imidazole rings is 1. The molecule has 154 valence electrons. The molecule has 10 nitrogen and oxygen atoms in total. The van der Waals surface area contributed by atoms with Gasteiger partial charge in [-0.05, 0) is 12.1 Å².